The minimum atomic E-state index is -3.28. The van der Waals surface area contributed by atoms with Crippen LogP contribution in [0.1, 0.15) is 108 Å². The molecular formula is C25H37F3. The van der Waals surface area contributed by atoms with Crippen molar-refractivity contribution in [2.45, 2.75) is 102 Å². The fourth-order valence-electron chi connectivity index (χ4n) is 4.32. The van der Waals surface area contributed by atoms with E-state index in [9.17, 15) is 13.2 Å². The Morgan fingerprint density at radius 3 is 2.21 bits per heavy atom. The molecule has 0 bridgehead atoms. The molecule has 3 heteroatoms. The molecule has 1 atom stereocenters. The summed E-state index contributed by atoms with van der Waals surface area (Å²) in [5.74, 6) is -1.99. The molecule has 0 N–H and O–H groups in total. The molecule has 0 heterocycles. The van der Waals surface area contributed by atoms with Gasteiger partial charge in [-0.25, -0.2) is 13.2 Å². The number of rotatable bonds is 11. The minimum absolute atomic E-state index is 0.103. The zero-order valence-corrected chi connectivity index (χ0v) is 17.6. The highest BCUT2D eigenvalue weighted by Crippen LogP contribution is 2.40. The van der Waals surface area contributed by atoms with Gasteiger partial charge >= 0.3 is 0 Å². The molecule has 0 amide bonds. The molecule has 1 fully saturated rings. The maximum Gasteiger partial charge on any atom is 0.282 e. The number of halogens is 3. The van der Waals surface area contributed by atoms with Crippen LogP contribution in [-0.2, 0) is 0 Å². The van der Waals surface area contributed by atoms with Crippen molar-refractivity contribution in [3.8, 4) is 0 Å². The van der Waals surface area contributed by atoms with Crippen LogP contribution in [0.15, 0.2) is 36.4 Å². The second-order valence-corrected chi connectivity index (χ2v) is 8.45. The van der Waals surface area contributed by atoms with Crippen LogP contribution in [-0.4, -0.2) is 5.92 Å². The average Bonchev–Trinajstić information content (AvgIpc) is 2.70. The quantitative estimate of drug-likeness (QED) is 0.259. The van der Waals surface area contributed by atoms with Gasteiger partial charge < -0.3 is 0 Å². The second-order valence-electron chi connectivity index (χ2n) is 8.45. The fourth-order valence-corrected chi connectivity index (χ4v) is 4.32. The lowest BCUT2D eigenvalue weighted by atomic mass is 9.77. The summed E-state index contributed by atoms with van der Waals surface area (Å²) in [6, 6.07) is 6.87. The van der Waals surface area contributed by atoms with Crippen molar-refractivity contribution in [2.24, 2.45) is 5.92 Å². The van der Waals surface area contributed by atoms with E-state index in [1.807, 2.05) is 12.1 Å². The summed E-state index contributed by atoms with van der Waals surface area (Å²) in [6.07, 6.45) is 13.3. The lowest BCUT2D eigenvalue weighted by Gasteiger charge is -2.29. The number of allylic oxidation sites excluding steroid dienone is 2. The molecule has 1 aliphatic rings. The summed E-state index contributed by atoms with van der Waals surface area (Å²) >= 11 is 0. The van der Waals surface area contributed by atoms with Gasteiger partial charge in [-0.3, -0.25) is 0 Å². The maximum atomic E-state index is 14.2. The summed E-state index contributed by atoms with van der Waals surface area (Å²) in [7, 11) is 0. The highest BCUT2D eigenvalue weighted by Gasteiger charge is 2.40. The van der Waals surface area contributed by atoms with E-state index in [1.165, 1.54) is 50.5 Å². The van der Waals surface area contributed by atoms with Crippen molar-refractivity contribution in [3.63, 3.8) is 0 Å². The first-order valence-corrected chi connectivity index (χ1v) is 11.2. The first-order chi connectivity index (χ1) is 13.5. The molecule has 1 aliphatic carbocycles. The fraction of sp³-hybridized carbons (Fsp3) is 0.680. The summed E-state index contributed by atoms with van der Waals surface area (Å²) in [5.41, 5.74) is 1.28. The van der Waals surface area contributed by atoms with Crippen molar-refractivity contribution < 1.29 is 13.2 Å². The molecule has 1 aromatic carbocycles. The van der Waals surface area contributed by atoms with E-state index < -0.39 is 18.5 Å². The predicted molar refractivity (Wildman–Crippen MR) is 113 cm³/mol. The standard InChI is InChI=1S/C25H37F3/c1-3-5-6-7-8-9-10-20-11-13-21(14-12-20)22-15-17-23(18-16-22)24(26)25(27,28)19-4-2/h7-8,15-18,20-21,24H,3-6,9-14,19H2,1-2H3. The molecule has 2 rings (SSSR count). The lowest BCUT2D eigenvalue weighted by Crippen LogP contribution is -2.23. The third kappa shape index (κ3) is 6.97. The van der Waals surface area contributed by atoms with Gasteiger partial charge in [-0.1, -0.05) is 69.5 Å². The Bertz CT molecular complexity index is 568. The molecule has 28 heavy (non-hydrogen) atoms. The van der Waals surface area contributed by atoms with Crippen molar-refractivity contribution in [2.75, 3.05) is 0 Å². The Morgan fingerprint density at radius 2 is 1.61 bits per heavy atom. The van der Waals surface area contributed by atoms with Crippen LogP contribution < -0.4 is 0 Å². The minimum Gasteiger partial charge on any atom is -0.236 e. The largest absolute Gasteiger partial charge is 0.282 e. The summed E-state index contributed by atoms with van der Waals surface area (Å²) < 4.78 is 41.8. The maximum absolute atomic E-state index is 14.2. The van der Waals surface area contributed by atoms with Crippen LogP contribution in [0.25, 0.3) is 0 Å². The third-order valence-corrected chi connectivity index (χ3v) is 6.13. The summed E-state index contributed by atoms with van der Waals surface area (Å²) in [5, 5.41) is 0. The molecule has 0 aromatic heterocycles. The Hall–Kier alpha value is -1.25. The highest BCUT2D eigenvalue weighted by atomic mass is 19.3. The highest BCUT2D eigenvalue weighted by molar-refractivity contribution is 5.28. The molecule has 158 valence electrons. The molecule has 0 saturated heterocycles. The average molecular weight is 395 g/mol. The van der Waals surface area contributed by atoms with Gasteiger partial charge in [-0.2, -0.15) is 0 Å². The smallest absolute Gasteiger partial charge is 0.236 e. The third-order valence-electron chi connectivity index (χ3n) is 6.13. The van der Waals surface area contributed by atoms with Crippen LogP contribution in [0.5, 0.6) is 0 Å². The van der Waals surface area contributed by atoms with Gasteiger partial charge in [0.05, 0.1) is 0 Å². The Morgan fingerprint density at radius 1 is 0.964 bits per heavy atom. The topological polar surface area (TPSA) is 0 Å². The molecule has 0 aliphatic heterocycles. The first kappa shape index (κ1) is 23.0. The summed E-state index contributed by atoms with van der Waals surface area (Å²) in [4.78, 5) is 0. The van der Waals surface area contributed by atoms with Crippen LogP contribution in [0.3, 0.4) is 0 Å². The van der Waals surface area contributed by atoms with Crippen LogP contribution in [0.4, 0.5) is 13.2 Å². The second kappa shape index (κ2) is 11.7. The van der Waals surface area contributed by atoms with Crippen LogP contribution in [0, 0.1) is 5.92 Å². The number of alkyl halides is 3. The monoisotopic (exact) mass is 394 g/mol. The molecule has 0 radical (unpaired) electrons. The van der Waals surface area contributed by atoms with E-state index in [-0.39, 0.29) is 12.0 Å². The van der Waals surface area contributed by atoms with Gasteiger partial charge in [-0.15, -0.1) is 0 Å². The van der Waals surface area contributed by atoms with Crippen LogP contribution in [0.2, 0.25) is 0 Å². The van der Waals surface area contributed by atoms with E-state index in [0.29, 0.717) is 5.92 Å². The van der Waals surface area contributed by atoms with E-state index >= 15 is 0 Å². The molecular weight excluding hydrogens is 357 g/mol. The zero-order valence-electron chi connectivity index (χ0n) is 17.6. The van der Waals surface area contributed by atoms with Gasteiger partial charge in [0.25, 0.3) is 5.92 Å². The summed E-state index contributed by atoms with van der Waals surface area (Å²) in [6.45, 7) is 3.88. The molecule has 1 aromatic rings. The van der Waals surface area contributed by atoms with E-state index in [1.54, 1.807) is 19.1 Å². The van der Waals surface area contributed by atoms with Crippen LogP contribution >= 0.6 is 0 Å². The van der Waals surface area contributed by atoms with Gasteiger partial charge in [-0.05, 0) is 67.9 Å². The van der Waals surface area contributed by atoms with Gasteiger partial charge in [0.1, 0.15) is 0 Å². The van der Waals surface area contributed by atoms with Crippen molar-refractivity contribution >= 4 is 0 Å². The number of hydrogen-bond acceptors (Lipinski definition) is 0. The predicted octanol–water partition coefficient (Wildman–Crippen LogP) is 8.93. The number of unbranched alkanes of at least 4 members (excludes halogenated alkanes) is 2. The Kier molecular flexibility index (Phi) is 9.61. The number of hydrogen-bond donors (Lipinski definition) is 0. The lowest BCUT2D eigenvalue weighted by molar-refractivity contribution is -0.0807. The van der Waals surface area contributed by atoms with Crippen molar-refractivity contribution in [1.82, 2.24) is 0 Å². The normalized spacial score (nSPS) is 21.9. The Labute approximate surface area is 169 Å². The molecule has 0 nitrogen and oxygen atoms in total. The van der Waals surface area contributed by atoms with E-state index in [0.717, 1.165) is 18.8 Å². The van der Waals surface area contributed by atoms with E-state index in [2.05, 4.69) is 19.1 Å². The first-order valence-electron chi connectivity index (χ1n) is 11.2. The SMILES string of the molecule is CCCCC=CCCC1CCC(c2ccc(C(F)C(F)(F)CCC)cc2)CC1. The molecule has 1 unspecified atom stereocenters. The van der Waals surface area contributed by atoms with Crippen molar-refractivity contribution in [3.05, 3.63) is 47.5 Å². The molecule has 1 saturated carbocycles. The molecule has 0 spiro atoms. The van der Waals surface area contributed by atoms with Gasteiger partial charge in [0, 0.05) is 6.42 Å². The Balaban J connectivity index is 1.79. The van der Waals surface area contributed by atoms with E-state index in [4.69, 9.17) is 0 Å². The zero-order chi connectivity index (χ0) is 20.4. The number of benzene rings is 1. The van der Waals surface area contributed by atoms with Crippen molar-refractivity contribution in [1.29, 1.82) is 0 Å². The van der Waals surface area contributed by atoms with Gasteiger partial charge in [0.15, 0.2) is 6.17 Å². The van der Waals surface area contributed by atoms with Gasteiger partial charge in [0.2, 0.25) is 0 Å².